The average molecular weight is 1060 g/mol. The molecule has 0 fully saturated rings. The lowest BCUT2D eigenvalue weighted by atomic mass is 9.92. The number of phenols is 4. The zero-order valence-electron chi connectivity index (χ0n) is 39.3. The Kier molecular flexibility index (Phi) is 12.8. The van der Waals surface area contributed by atoms with E-state index in [1.165, 1.54) is 73.8 Å². The molecule has 5 amide bonds. The first-order valence-corrected chi connectivity index (χ1v) is 23.5. The molecule has 11 rings (SSSR count). The maximum atomic E-state index is 15.2. The van der Waals surface area contributed by atoms with Crippen LogP contribution in [0.1, 0.15) is 74.7 Å². The highest BCUT2D eigenvalue weighted by molar-refractivity contribution is 6.19. The number of aliphatic carboxylic acids is 1. The van der Waals surface area contributed by atoms with Crippen LogP contribution in [0, 0.1) is 0 Å². The fourth-order valence-electron chi connectivity index (χ4n) is 9.54. The Morgan fingerprint density at radius 1 is 0.658 bits per heavy atom. The van der Waals surface area contributed by atoms with Gasteiger partial charge < -0.3 is 82.3 Å². The smallest absolute Gasteiger partial charge is 0.325 e. The molecule has 23 nitrogen and oxygen atoms in total. The number of hydrogen-bond acceptors (Lipinski definition) is 17. The molecule has 0 spiro atoms. The number of aromatic hydroxyl groups is 4. The van der Waals surface area contributed by atoms with E-state index in [0.717, 1.165) is 36.4 Å². The number of nitrogens with one attached hydrogen (secondary N) is 6. The molecule has 390 valence electrons. The van der Waals surface area contributed by atoms with Crippen molar-refractivity contribution in [3.63, 3.8) is 0 Å². The van der Waals surface area contributed by atoms with E-state index in [1.807, 2.05) is 0 Å². The molecule has 0 saturated carbocycles. The van der Waals surface area contributed by atoms with E-state index in [2.05, 4.69) is 31.9 Å². The van der Waals surface area contributed by atoms with Crippen molar-refractivity contribution in [1.82, 2.24) is 31.9 Å². The zero-order chi connectivity index (χ0) is 54.1. The summed E-state index contributed by atoms with van der Waals surface area (Å²) in [5, 5.41) is 94.0. The summed E-state index contributed by atoms with van der Waals surface area (Å²) in [6.07, 6.45) is -0.230. The molecule has 15 N–H and O–H groups in total. The van der Waals surface area contributed by atoms with Crippen LogP contribution < -0.4 is 51.8 Å². The van der Waals surface area contributed by atoms with E-state index in [0.29, 0.717) is 5.56 Å². The average Bonchev–Trinajstić information content (AvgIpc) is 3.60. The molecule has 0 aromatic heterocycles. The molecule has 6 aromatic rings. The van der Waals surface area contributed by atoms with Crippen molar-refractivity contribution in [3.8, 4) is 62.9 Å². The molecular formula is C52H44ClN7O16. The van der Waals surface area contributed by atoms with Crippen molar-refractivity contribution in [2.24, 2.45) is 5.73 Å². The lowest BCUT2D eigenvalue weighted by Gasteiger charge is -2.29. The number of hydrogen-bond donors (Lipinski definition) is 14. The monoisotopic (exact) mass is 1060 g/mol. The molecule has 4 aliphatic heterocycles. The molecule has 7 atom stereocenters. The minimum Gasteiger partial charge on any atom is -0.508 e. The van der Waals surface area contributed by atoms with Gasteiger partial charge in [0.2, 0.25) is 46.8 Å². The van der Waals surface area contributed by atoms with E-state index < -0.39 is 118 Å². The highest BCUT2D eigenvalue weighted by Crippen LogP contribution is 2.51. The third-order valence-electron chi connectivity index (χ3n) is 13.2. The fourth-order valence-corrected chi connectivity index (χ4v) is 9.76. The second-order valence-electron chi connectivity index (χ2n) is 18.2. The fraction of sp³-hybridized carbons (Fsp3) is 0.192. The van der Waals surface area contributed by atoms with Gasteiger partial charge in [-0.15, -0.1) is 0 Å². The van der Waals surface area contributed by atoms with Crippen LogP contribution in [0.5, 0.6) is 51.7 Å². The highest BCUT2D eigenvalue weighted by atomic mass is 35.5. The Morgan fingerprint density at radius 3 is 2.03 bits per heavy atom. The summed E-state index contributed by atoms with van der Waals surface area (Å²) < 4.78 is 18.1. The molecule has 2 unspecified atom stereocenters. The molecule has 6 aromatic carbocycles. The minimum atomic E-state index is -2.85. The van der Waals surface area contributed by atoms with Crippen molar-refractivity contribution < 1.29 is 78.7 Å². The van der Waals surface area contributed by atoms with Crippen LogP contribution in [-0.2, 0) is 41.0 Å². The summed E-state index contributed by atoms with van der Waals surface area (Å²) in [7, 11) is 1.26. The predicted molar refractivity (Wildman–Crippen MR) is 263 cm³/mol. The molecule has 13 bridgehead atoms. The second kappa shape index (κ2) is 19.3. The topological polar surface area (TPSA) is 370 Å². The number of phenolic OH excluding ortho intramolecular Hbond substituents is 4. The van der Waals surface area contributed by atoms with Crippen molar-refractivity contribution in [2.45, 2.75) is 54.1 Å². The van der Waals surface area contributed by atoms with Crippen LogP contribution in [0.2, 0.25) is 0 Å². The van der Waals surface area contributed by atoms with E-state index in [4.69, 9.17) is 31.5 Å². The van der Waals surface area contributed by atoms with Gasteiger partial charge in [0.05, 0.1) is 0 Å². The number of carbonyl (C=O) groups is 6. The number of nitrogens with two attached hydrogens (primary N) is 1. The van der Waals surface area contributed by atoms with Gasteiger partial charge in [0.15, 0.2) is 23.0 Å². The number of alkyl halides is 1. The summed E-state index contributed by atoms with van der Waals surface area (Å²) >= 11 is 6.72. The Hall–Kier alpha value is -9.13. The predicted octanol–water partition coefficient (Wildman–Crippen LogP) is 2.56. The van der Waals surface area contributed by atoms with Crippen molar-refractivity contribution in [2.75, 3.05) is 7.05 Å². The molecule has 76 heavy (non-hydrogen) atoms. The van der Waals surface area contributed by atoms with Crippen LogP contribution in [0.4, 0.5) is 0 Å². The molecule has 5 aliphatic rings. The summed E-state index contributed by atoms with van der Waals surface area (Å²) in [5.41, 5.74) is 3.62. The van der Waals surface area contributed by atoms with Crippen molar-refractivity contribution in [3.05, 3.63) is 148 Å². The van der Waals surface area contributed by atoms with Crippen LogP contribution in [0.3, 0.4) is 0 Å². The number of halogens is 1. The zero-order valence-corrected chi connectivity index (χ0v) is 40.1. The van der Waals surface area contributed by atoms with Gasteiger partial charge in [0.25, 0.3) is 0 Å². The summed E-state index contributed by atoms with van der Waals surface area (Å²) in [4.78, 5) is 86.2. The first kappa shape index (κ1) is 50.4. The molecular weight excluding hydrogens is 1010 g/mol. The maximum Gasteiger partial charge on any atom is 0.325 e. The number of amides is 5. The van der Waals surface area contributed by atoms with Gasteiger partial charge in [-0.25, -0.2) is 0 Å². The lowest BCUT2D eigenvalue weighted by Crippen LogP contribution is -2.53. The van der Waals surface area contributed by atoms with E-state index >= 15 is 9.59 Å². The quantitative estimate of drug-likeness (QED) is 0.0673. The number of carboxylic acids is 1. The van der Waals surface area contributed by atoms with Gasteiger partial charge in [0.1, 0.15) is 59.2 Å². The van der Waals surface area contributed by atoms with E-state index in [1.54, 1.807) is 0 Å². The van der Waals surface area contributed by atoms with Crippen molar-refractivity contribution in [1.29, 1.82) is 0 Å². The Bertz CT molecular complexity index is 3450. The number of ether oxygens (including phenoxy) is 3. The number of carboxylic acid groups (broad SMARTS) is 1. The molecule has 0 radical (unpaired) electrons. The number of rotatable bonds is 2. The maximum absolute atomic E-state index is 15.2. The Balaban J connectivity index is 1.18. The van der Waals surface area contributed by atoms with Gasteiger partial charge in [-0.2, -0.15) is 0 Å². The van der Waals surface area contributed by atoms with Crippen molar-refractivity contribution >= 4 is 47.1 Å². The van der Waals surface area contributed by atoms with Gasteiger partial charge >= 0.3 is 5.97 Å². The summed E-state index contributed by atoms with van der Waals surface area (Å²) in [5.74, 6) is -13.1. The summed E-state index contributed by atoms with van der Waals surface area (Å²) in [6.45, 7) is 0. The van der Waals surface area contributed by atoms with Crippen LogP contribution in [-0.4, -0.2) is 90.0 Å². The number of fused-ring (bicyclic) bond motifs is 9. The van der Waals surface area contributed by atoms with Crippen LogP contribution >= 0.6 is 11.6 Å². The standard InChI is InChI=1S/C52H44ClN7O16/c1-55-47(67)40-22-4-8-31-29(13-22)38-30(18-26(62)19-32(38)52(31,72)73)43(50(70)71)60-51(53)76-37-16-24-15-36(44(37)64)74-27-6-2-20(3-7-27)10-33-45(65)57-41(48(68)59-42(24)49(69)58-40)23-11-25(61)17-28(12-23)75-35-14-21(5-9-34(35)63)39(54)46(66)56-33/h2-9,11-19,33,39-43,51,60-64,72-73H,10,54H2,1H3,(H,55,67)(H,56,66)(H,57,65)(H,58,69)(H,59,68)(H,70,71)/t33-,39-,40-,41?,42-,43+,51?/m1/s1. The molecule has 1 aliphatic carbocycles. The lowest BCUT2D eigenvalue weighted by molar-refractivity contribution is -0.140. The third-order valence-corrected chi connectivity index (χ3v) is 13.5. The van der Waals surface area contributed by atoms with Crippen LogP contribution in [0.25, 0.3) is 11.1 Å². The largest absolute Gasteiger partial charge is 0.508 e. The number of likely N-dealkylation sites (N-methyl/N-ethyl adjacent to an activating group) is 1. The normalized spacial score (nSPS) is 22.6. The molecule has 4 heterocycles. The first-order valence-electron chi connectivity index (χ1n) is 23.1. The highest BCUT2D eigenvalue weighted by Gasteiger charge is 2.45. The SMILES string of the molecule is CNC(=O)[C@@H]1NC(=O)[C@@H]2NC(=O)C3NC(=O)[C@@H](Cc4ccc(cc4)Oc4cc2cc(c4O)OC(Cl)N[C@H](C(=O)O)c2cc(O)cc4c2-c2cc1ccc2C4(O)O)NC(=O)[C@H](N)c1ccc(O)c(c1)Oc1cc(O)cc3c1. The van der Waals surface area contributed by atoms with E-state index in [9.17, 15) is 54.9 Å². The Labute approximate surface area is 433 Å². The first-order chi connectivity index (χ1) is 36.2. The Morgan fingerprint density at radius 2 is 1.30 bits per heavy atom. The van der Waals surface area contributed by atoms with Gasteiger partial charge in [-0.3, -0.25) is 34.1 Å². The third kappa shape index (κ3) is 9.28. The number of aliphatic hydroxyl groups is 2. The molecule has 24 heteroatoms. The number of carbonyl (C=O) groups excluding carboxylic acids is 5. The van der Waals surface area contributed by atoms with Gasteiger partial charge in [-0.05, 0) is 111 Å². The van der Waals surface area contributed by atoms with Gasteiger partial charge in [-0.1, -0.05) is 41.9 Å². The van der Waals surface area contributed by atoms with Gasteiger partial charge in [0, 0.05) is 30.7 Å². The second-order valence-corrected chi connectivity index (χ2v) is 18.6. The summed E-state index contributed by atoms with van der Waals surface area (Å²) in [6, 6.07) is 10.9. The number of benzene rings is 6. The van der Waals surface area contributed by atoms with E-state index in [-0.39, 0.29) is 73.7 Å². The molecule has 0 saturated heterocycles. The minimum absolute atomic E-state index is 0.0204. The van der Waals surface area contributed by atoms with Crippen LogP contribution in [0.15, 0.2) is 103 Å².